The van der Waals surface area contributed by atoms with Crippen LogP contribution in [0.2, 0.25) is 0 Å². The van der Waals surface area contributed by atoms with Crippen molar-refractivity contribution in [3.05, 3.63) is 53.9 Å². The molecule has 3 aromatic rings. The van der Waals surface area contributed by atoms with Crippen molar-refractivity contribution in [1.82, 2.24) is 4.98 Å². The van der Waals surface area contributed by atoms with Crippen molar-refractivity contribution in [2.24, 2.45) is 0 Å². The average Bonchev–Trinajstić information content (AvgIpc) is 3.20. The number of amides is 2. The Morgan fingerprint density at radius 1 is 1.24 bits per heavy atom. The zero-order chi connectivity index (χ0) is 17.4. The van der Waals surface area contributed by atoms with Gasteiger partial charge in [0.25, 0.3) is 5.91 Å². The first-order valence-electron chi connectivity index (χ1n) is 8.20. The van der Waals surface area contributed by atoms with Crippen LogP contribution in [0.5, 0.6) is 0 Å². The first kappa shape index (κ1) is 15.4. The fraction of sp³-hybridized carbons (Fsp3) is 0.211. The molecule has 1 aromatic heterocycles. The third-order valence-corrected chi connectivity index (χ3v) is 4.26. The Hall–Kier alpha value is -3.15. The highest BCUT2D eigenvalue weighted by Crippen LogP contribution is 2.26. The molecule has 1 fully saturated rings. The summed E-state index contributed by atoms with van der Waals surface area (Å²) in [4.78, 5) is 30.5. The number of fused-ring (bicyclic) bond motifs is 1. The molecule has 0 spiro atoms. The van der Waals surface area contributed by atoms with Gasteiger partial charge in [0.15, 0.2) is 11.5 Å². The van der Waals surface area contributed by atoms with Crippen molar-refractivity contribution in [2.45, 2.75) is 19.8 Å². The molecule has 2 heterocycles. The highest BCUT2D eigenvalue weighted by molar-refractivity contribution is 6.08. The third-order valence-electron chi connectivity index (χ3n) is 4.26. The fourth-order valence-electron chi connectivity index (χ4n) is 3.09. The first-order valence-corrected chi connectivity index (χ1v) is 8.20. The van der Waals surface area contributed by atoms with E-state index in [1.54, 1.807) is 36.1 Å². The predicted molar refractivity (Wildman–Crippen MR) is 94.7 cm³/mol. The minimum absolute atomic E-state index is 0.0967. The molecular weight excluding hydrogens is 318 g/mol. The van der Waals surface area contributed by atoms with Crippen LogP contribution in [0.3, 0.4) is 0 Å². The van der Waals surface area contributed by atoms with Crippen LogP contribution >= 0.6 is 0 Å². The van der Waals surface area contributed by atoms with Crippen molar-refractivity contribution in [3.8, 4) is 0 Å². The Balaban J connectivity index is 1.61. The molecule has 1 aliphatic heterocycles. The van der Waals surface area contributed by atoms with Crippen LogP contribution in [0.1, 0.15) is 29.1 Å². The summed E-state index contributed by atoms with van der Waals surface area (Å²) in [5, 5.41) is 2.87. The summed E-state index contributed by atoms with van der Waals surface area (Å²) in [6.07, 6.45) is 1.41. The average molecular weight is 335 g/mol. The summed E-state index contributed by atoms with van der Waals surface area (Å²) in [7, 11) is 0. The van der Waals surface area contributed by atoms with Gasteiger partial charge in [-0.1, -0.05) is 12.1 Å². The number of carbonyl (C=O) groups excluding carboxylic acids is 2. The van der Waals surface area contributed by atoms with Gasteiger partial charge in [-0.3, -0.25) is 9.59 Å². The van der Waals surface area contributed by atoms with Crippen LogP contribution in [-0.4, -0.2) is 23.3 Å². The number of para-hydroxylation sites is 1. The predicted octanol–water partition coefficient (Wildman–Crippen LogP) is 3.52. The Labute approximate surface area is 144 Å². The van der Waals surface area contributed by atoms with E-state index in [2.05, 4.69) is 10.3 Å². The minimum atomic E-state index is -0.255. The van der Waals surface area contributed by atoms with Gasteiger partial charge in [-0.25, -0.2) is 4.98 Å². The number of aromatic nitrogens is 1. The molecule has 4 rings (SSSR count). The number of oxazole rings is 1. The van der Waals surface area contributed by atoms with Crippen molar-refractivity contribution >= 4 is 34.3 Å². The molecule has 126 valence electrons. The molecule has 6 nitrogen and oxygen atoms in total. The number of carbonyl (C=O) groups is 2. The Bertz CT molecular complexity index is 977. The maximum Gasteiger partial charge on any atom is 0.255 e. The molecule has 0 radical (unpaired) electrons. The van der Waals surface area contributed by atoms with E-state index in [0.29, 0.717) is 41.2 Å². The molecule has 1 aliphatic rings. The lowest BCUT2D eigenvalue weighted by molar-refractivity contribution is -0.117. The summed E-state index contributed by atoms with van der Waals surface area (Å²) in [6, 6.07) is 12.5. The van der Waals surface area contributed by atoms with Crippen LogP contribution in [-0.2, 0) is 4.79 Å². The Morgan fingerprint density at radius 3 is 2.88 bits per heavy atom. The van der Waals surface area contributed by atoms with Crippen LogP contribution in [0.25, 0.3) is 11.1 Å². The van der Waals surface area contributed by atoms with Crippen molar-refractivity contribution < 1.29 is 14.0 Å². The Kier molecular flexibility index (Phi) is 3.72. The molecule has 25 heavy (non-hydrogen) atoms. The lowest BCUT2D eigenvalue weighted by Gasteiger charge is -2.16. The van der Waals surface area contributed by atoms with Gasteiger partial charge >= 0.3 is 0 Å². The van der Waals surface area contributed by atoms with E-state index in [1.165, 1.54) is 0 Å². The van der Waals surface area contributed by atoms with Gasteiger partial charge in [0, 0.05) is 31.1 Å². The standard InChI is InChI=1S/C19H17N3O3/c1-12-20-15-7-3-8-16(18(15)25-12)21-19(24)13-5-2-6-14(11-13)22-10-4-9-17(22)23/h2-3,5-8,11H,4,9-10H2,1H3,(H,21,24). The number of hydrogen-bond donors (Lipinski definition) is 1. The first-order chi connectivity index (χ1) is 12.1. The van der Waals surface area contributed by atoms with E-state index in [9.17, 15) is 9.59 Å². The lowest BCUT2D eigenvalue weighted by Crippen LogP contribution is -2.24. The maximum absolute atomic E-state index is 12.6. The Morgan fingerprint density at radius 2 is 2.08 bits per heavy atom. The van der Waals surface area contributed by atoms with E-state index in [1.807, 2.05) is 18.2 Å². The molecule has 0 bridgehead atoms. The van der Waals surface area contributed by atoms with Crippen molar-refractivity contribution in [2.75, 3.05) is 16.8 Å². The molecule has 6 heteroatoms. The molecule has 0 aliphatic carbocycles. The van der Waals surface area contributed by atoms with Crippen LogP contribution in [0.15, 0.2) is 46.9 Å². The topological polar surface area (TPSA) is 75.4 Å². The largest absolute Gasteiger partial charge is 0.439 e. The van der Waals surface area contributed by atoms with Gasteiger partial charge in [0.2, 0.25) is 5.91 Å². The van der Waals surface area contributed by atoms with Crippen molar-refractivity contribution in [3.63, 3.8) is 0 Å². The zero-order valence-corrected chi connectivity index (χ0v) is 13.8. The lowest BCUT2D eigenvalue weighted by atomic mass is 10.1. The molecule has 2 amide bonds. The second kappa shape index (κ2) is 6.05. The van der Waals surface area contributed by atoms with Crippen LogP contribution < -0.4 is 10.2 Å². The minimum Gasteiger partial charge on any atom is -0.439 e. The van der Waals surface area contributed by atoms with Gasteiger partial charge in [-0.15, -0.1) is 0 Å². The fourth-order valence-corrected chi connectivity index (χ4v) is 3.09. The summed E-state index contributed by atoms with van der Waals surface area (Å²) in [5.41, 5.74) is 3.08. The van der Waals surface area contributed by atoms with Crippen LogP contribution in [0.4, 0.5) is 11.4 Å². The number of nitrogens with zero attached hydrogens (tertiary/aromatic N) is 2. The van der Waals surface area contributed by atoms with Gasteiger partial charge in [0.1, 0.15) is 5.52 Å². The van der Waals surface area contributed by atoms with E-state index in [-0.39, 0.29) is 11.8 Å². The maximum atomic E-state index is 12.6. The van der Waals surface area contributed by atoms with E-state index in [0.717, 1.165) is 12.1 Å². The third kappa shape index (κ3) is 2.87. The summed E-state index contributed by atoms with van der Waals surface area (Å²) in [5.74, 6) is 0.390. The number of nitrogens with one attached hydrogen (secondary N) is 1. The quantitative estimate of drug-likeness (QED) is 0.794. The second-order valence-electron chi connectivity index (χ2n) is 6.04. The number of benzene rings is 2. The molecule has 0 atom stereocenters. The SMILES string of the molecule is Cc1nc2cccc(NC(=O)c3cccc(N4CCCC4=O)c3)c2o1. The molecule has 1 N–H and O–H groups in total. The monoisotopic (exact) mass is 335 g/mol. The number of aryl methyl sites for hydroxylation is 1. The van der Waals surface area contributed by atoms with Gasteiger partial charge in [0.05, 0.1) is 5.69 Å². The number of anilines is 2. The number of hydrogen-bond acceptors (Lipinski definition) is 4. The van der Waals surface area contributed by atoms with E-state index < -0.39 is 0 Å². The highest BCUT2D eigenvalue weighted by atomic mass is 16.3. The highest BCUT2D eigenvalue weighted by Gasteiger charge is 2.22. The van der Waals surface area contributed by atoms with Gasteiger partial charge in [-0.2, -0.15) is 0 Å². The van der Waals surface area contributed by atoms with E-state index >= 15 is 0 Å². The van der Waals surface area contributed by atoms with E-state index in [4.69, 9.17) is 4.42 Å². The van der Waals surface area contributed by atoms with Gasteiger partial charge < -0.3 is 14.6 Å². The van der Waals surface area contributed by atoms with Gasteiger partial charge in [-0.05, 0) is 36.8 Å². The van der Waals surface area contributed by atoms with Crippen molar-refractivity contribution in [1.29, 1.82) is 0 Å². The smallest absolute Gasteiger partial charge is 0.255 e. The molecular formula is C19H17N3O3. The molecule has 2 aromatic carbocycles. The summed E-state index contributed by atoms with van der Waals surface area (Å²) < 4.78 is 5.58. The summed E-state index contributed by atoms with van der Waals surface area (Å²) in [6.45, 7) is 2.46. The molecule has 1 saturated heterocycles. The van der Waals surface area contributed by atoms with Crippen LogP contribution in [0, 0.1) is 6.92 Å². The molecule has 0 unspecified atom stereocenters. The molecule has 0 saturated carbocycles. The number of rotatable bonds is 3. The zero-order valence-electron chi connectivity index (χ0n) is 13.8. The summed E-state index contributed by atoms with van der Waals surface area (Å²) >= 11 is 0. The second-order valence-corrected chi connectivity index (χ2v) is 6.04. The normalized spacial score (nSPS) is 14.3.